The SMILES string of the molecule is Cc1ccc2nc([C@@H]3CCCCN3C(=O)c3cc(C(C)(C)C)nn3C)[nH]c2c1. The first kappa shape index (κ1) is 18.7. The Hall–Kier alpha value is -2.63. The number of hydrogen-bond donors (Lipinski definition) is 1. The van der Waals surface area contributed by atoms with Crippen molar-refractivity contribution in [1.29, 1.82) is 0 Å². The molecule has 1 atom stereocenters. The fraction of sp³-hybridized carbons (Fsp3) is 0.500. The Morgan fingerprint density at radius 2 is 2.00 bits per heavy atom. The standard InChI is InChI=1S/C22H29N5O/c1-14-9-10-15-16(12-14)24-20(23-15)17-8-6-7-11-27(17)21(28)18-13-19(22(2,3)4)25-26(18)5/h9-10,12-13,17H,6-8,11H2,1-5H3,(H,23,24)/t17-/m0/s1. The van der Waals surface area contributed by atoms with E-state index in [1.807, 2.05) is 24.1 Å². The van der Waals surface area contributed by atoms with E-state index in [1.165, 1.54) is 5.56 Å². The molecule has 1 fully saturated rings. The minimum atomic E-state index is -0.0891. The van der Waals surface area contributed by atoms with Crippen LogP contribution in [-0.4, -0.2) is 37.1 Å². The van der Waals surface area contributed by atoms with Gasteiger partial charge < -0.3 is 9.88 Å². The molecule has 0 bridgehead atoms. The van der Waals surface area contributed by atoms with Crippen LogP contribution in [0.25, 0.3) is 11.0 Å². The van der Waals surface area contributed by atoms with E-state index in [-0.39, 0.29) is 17.4 Å². The van der Waals surface area contributed by atoms with Crippen LogP contribution in [0.3, 0.4) is 0 Å². The zero-order valence-electron chi connectivity index (χ0n) is 17.4. The monoisotopic (exact) mass is 379 g/mol. The Bertz CT molecular complexity index is 1020. The number of piperidine rings is 1. The molecule has 1 amide bonds. The lowest BCUT2D eigenvalue weighted by atomic mass is 9.92. The molecule has 4 rings (SSSR count). The number of fused-ring (bicyclic) bond motifs is 1. The van der Waals surface area contributed by atoms with Gasteiger partial charge >= 0.3 is 0 Å². The van der Waals surface area contributed by atoms with Crippen molar-refractivity contribution < 1.29 is 4.79 Å². The molecule has 6 nitrogen and oxygen atoms in total. The molecular weight excluding hydrogens is 350 g/mol. The molecule has 3 heterocycles. The molecular formula is C22H29N5O. The van der Waals surface area contributed by atoms with E-state index >= 15 is 0 Å². The lowest BCUT2D eigenvalue weighted by Gasteiger charge is -2.34. The summed E-state index contributed by atoms with van der Waals surface area (Å²) in [6, 6.07) is 8.13. The maximum Gasteiger partial charge on any atom is 0.272 e. The lowest BCUT2D eigenvalue weighted by Crippen LogP contribution is -2.39. The first-order valence-corrected chi connectivity index (χ1v) is 10.1. The molecule has 0 spiro atoms. The van der Waals surface area contributed by atoms with Crippen LogP contribution < -0.4 is 0 Å². The highest BCUT2D eigenvalue weighted by Gasteiger charge is 2.33. The summed E-state index contributed by atoms with van der Waals surface area (Å²) in [5.41, 5.74) is 4.67. The summed E-state index contributed by atoms with van der Waals surface area (Å²) in [6.07, 6.45) is 3.04. The van der Waals surface area contributed by atoms with Crippen LogP contribution in [0.4, 0.5) is 0 Å². The number of H-pyrrole nitrogens is 1. The molecule has 148 valence electrons. The smallest absolute Gasteiger partial charge is 0.272 e. The lowest BCUT2D eigenvalue weighted by molar-refractivity contribution is 0.0590. The Morgan fingerprint density at radius 1 is 1.21 bits per heavy atom. The number of benzene rings is 1. The number of amides is 1. The van der Waals surface area contributed by atoms with Gasteiger partial charge in [-0.2, -0.15) is 5.10 Å². The van der Waals surface area contributed by atoms with Crippen LogP contribution in [0.2, 0.25) is 0 Å². The average molecular weight is 380 g/mol. The van der Waals surface area contributed by atoms with Crippen molar-refractivity contribution in [2.24, 2.45) is 7.05 Å². The van der Waals surface area contributed by atoms with Gasteiger partial charge in [0.1, 0.15) is 11.5 Å². The number of aromatic nitrogens is 4. The number of rotatable bonds is 2. The van der Waals surface area contributed by atoms with E-state index in [0.29, 0.717) is 5.69 Å². The summed E-state index contributed by atoms with van der Waals surface area (Å²) >= 11 is 0. The number of nitrogens with zero attached hydrogens (tertiary/aromatic N) is 4. The average Bonchev–Trinajstić information content (AvgIpc) is 3.24. The zero-order chi connectivity index (χ0) is 20.1. The number of likely N-dealkylation sites (tertiary alicyclic amines) is 1. The third-order valence-corrected chi connectivity index (χ3v) is 5.60. The summed E-state index contributed by atoms with van der Waals surface area (Å²) in [6.45, 7) is 9.16. The quantitative estimate of drug-likeness (QED) is 0.723. The van der Waals surface area contributed by atoms with Crippen LogP contribution in [0, 0.1) is 6.92 Å². The van der Waals surface area contributed by atoms with Gasteiger partial charge in [-0.15, -0.1) is 0 Å². The number of carbonyl (C=O) groups excluding carboxylic acids is 1. The van der Waals surface area contributed by atoms with Crippen molar-refractivity contribution in [3.8, 4) is 0 Å². The van der Waals surface area contributed by atoms with Gasteiger partial charge in [0.15, 0.2) is 0 Å². The maximum atomic E-state index is 13.4. The fourth-order valence-electron chi connectivity index (χ4n) is 3.94. The summed E-state index contributed by atoms with van der Waals surface area (Å²) in [5.74, 6) is 0.915. The minimum absolute atomic E-state index is 0.0260. The molecule has 1 aliphatic rings. The summed E-state index contributed by atoms with van der Waals surface area (Å²) in [4.78, 5) is 23.7. The highest BCUT2D eigenvalue weighted by atomic mass is 16.2. The molecule has 3 aromatic rings. The number of carbonyl (C=O) groups is 1. The van der Waals surface area contributed by atoms with Gasteiger partial charge in [0.25, 0.3) is 5.91 Å². The molecule has 0 unspecified atom stereocenters. The third kappa shape index (κ3) is 3.32. The molecule has 1 aliphatic heterocycles. The second-order valence-corrected chi connectivity index (χ2v) is 8.94. The van der Waals surface area contributed by atoms with Crippen molar-refractivity contribution in [3.63, 3.8) is 0 Å². The molecule has 0 saturated carbocycles. The predicted molar refractivity (Wildman–Crippen MR) is 110 cm³/mol. The van der Waals surface area contributed by atoms with Crippen molar-refractivity contribution in [1.82, 2.24) is 24.6 Å². The number of aryl methyl sites for hydroxylation is 2. The Kier molecular flexibility index (Phi) is 4.52. The molecule has 0 aliphatic carbocycles. The Labute approximate surface area is 166 Å². The second-order valence-electron chi connectivity index (χ2n) is 8.94. The predicted octanol–water partition coefficient (Wildman–Crippen LogP) is 4.27. The second kappa shape index (κ2) is 6.76. The maximum absolute atomic E-state index is 13.4. The highest BCUT2D eigenvalue weighted by Crippen LogP contribution is 2.32. The van der Waals surface area contributed by atoms with Crippen LogP contribution in [0.15, 0.2) is 24.3 Å². The first-order valence-electron chi connectivity index (χ1n) is 10.1. The summed E-state index contributed by atoms with van der Waals surface area (Å²) < 4.78 is 1.72. The largest absolute Gasteiger partial charge is 0.340 e. The van der Waals surface area contributed by atoms with Crippen molar-refractivity contribution >= 4 is 16.9 Å². The van der Waals surface area contributed by atoms with E-state index in [2.05, 4.69) is 49.9 Å². The van der Waals surface area contributed by atoms with E-state index in [1.54, 1.807) is 4.68 Å². The van der Waals surface area contributed by atoms with Gasteiger partial charge in [0.2, 0.25) is 0 Å². The van der Waals surface area contributed by atoms with Gasteiger partial charge in [-0.3, -0.25) is 9.48 Å². The van der Waals surface area contributed by atoms with Gasteiger partial charge in [-0.05, 0) is 49.9 Å². The number of nitrogens with one attached hydrogen (secondary N) is 1. The number of imidazole rings is 1. The number of aromatic amines is 1. The normalized spacial score (nSPS) is 18.0. The van der Waals surface area contributed by atoms with E-state index < -0.39 is 0 Å². The Morgan fingerprint density at radius 3 is 2.71 bits per heavy atom. The van der Waals surface area contributed by atoms with Crippen molar-refractivity contribution in [2.45, 2.75) is 58.4 Å². The Balaban J connectivity index is 1.68. The fourth-order valence-corrected chi connectivity index (χ4v) is 3.94. The third-order valence-electron chi connectivity index (χ3n) is 5.60. The van der Waals surface area contributed by atoms with Gasteiger partial charge in [-0.25, -0.2) is 4.98 Å². The van der Waals surface area contributed by atoms with Gasteiger partial charge in [0, 0.05) is 19.0 Å². The number of hydrogen-bond acceptors (Lipinski definition) is 3. The summed E-state index contributed by atoms with van der Waals surface area (Å²) in [5, 5.41) is 4.59. The molecule has 0 radical (unpaired) electrons. The molecule has 28 heavy (non-hydrogen) atoms. The molecule has 1 N–H and O–H groups in total. The van der Waals surface area contributed by atoms with Crippen LogP contribution in [0.1, 0.15) is 73.6 Å². The van der Waals surface area contributed by atoms with E-state index in [0.717, 1.165) is 48.4 Å². The van der Waals surface area contributed by atoms with Gasteiger partial charge in [-0.1, -0.05) is 26.8 Å². The van der Waals surface area contributed by atoms with Crippen molar-refractivity contribution in [3.05, 3.63) is 47.0 Å². The van der Waals surface area contributed by atoms with Crippen molar-refractivity contribution in [2.75, 3.05) is 6.54 Å². The zero-order valence-corrected chi connectivity index (χ0v) is 17.4. The molecule has 6 heteroatoms. The van der Waals surface area contributed by atoms with Crippen LogP contribution >= 0.6 is 0 Å². The first-order chi connectivity index (χ1) is 13.2. The molecule has 1 saturated heterocycles. The van der Waals surface area contributed by atoms with E-state index in [4.69, 9.17) is 4.98 Å². The van der Waals surface area contributed by atoms with Crippen LogP contribution in [-0.2, 0) is 12.5 Å². The topological polar surface area (TPSA) is 66.8 Å². The summed E-state index contributed by atoms with van der Waals surface area (Å²) in [7, 11) is 1.85. The van der Waals surface area contributed by atoms with E-state index in [9.17, 15) is 4.79 Å². The molecule has 1 aromatic carbocycles. The molecule has 2 aromatic heterocycles. The minimum Gasteiger partial charge on any atom is -0.340 e. The van der Waals surface area contributed by atoms with Crippen LogP contribution in [0.5, 0.6) is 0 Å². The van der Waals surface area contributed by atoms with Gasteiger partial charge in [0.05, 0.1) is 22.8 Å². The highest BCUT2D eigenvalue weighted by molar-refractivity contribution is 5.93.